The number of nitrogens with two attached hydrogens (primary N) is 1. The Morgan fingerprint density at radius 2 is 2.11 bits per heavy atom. The van der Waals surface area contributed by atoms with Crippen molar-refractivity contribution in [3.8, 4) is 5.75 Å². The summed E-state index contributed by atoms with van der Waals surface area (Å²) < 4.78 is 5.10. The molecule has 0 aliphatic carbocycles. The molecule has 1 rings (SSSR count). The third kappa shape index (κ3) is 2.91. The van der Waals surface area contributed by atoms with E-state index < -0.39 is 0 Å². The third-order valence-electron chi connectivity index (χ3n) is 2.50. The van der Waals surface area contributed by atoms with E-state index in [-0.39, 0.29) is 23.9 Å². The topological polar surface area (TPSA) is 84.7 Å². The predicted molar refractivity (Wildman–Crippen MR) is 68.4 cm³/mol. The van der Waals surface area contributed by atoms with Gasteiger partial charge in [0, 0.05) is 19.8 Å². The first-order valence-corrected chi connectivity index (χ1v) is 5.39. The smallest absolute Gasteiger partial charge is 0.259 e. The molecule has 0 aliphatic rings. The van der Waals surface area contributed by atoms with E-state index in [1.807, 2.05) is 0 Å². The van der Waals surface area contributed by atoms with Crippen molar-refractivity contribution >= 4 is 17.5 Å². The molecule has 18 heavy (non-hydrogen) atoms. The van der Waals surface area contributed by atoms with Crippen molar-refractivity contribution in [1.29, 1.82) is 0 Å². The second-order valence-corrected chi connectivity index (χ2v) is 3.76. The zero-order valence-corrected chi connectivity index (χ0v) is 10.7. The zero-order valence-electron chi connectivity index (χ0n) is 10.7. The minimum atomic E-state index is -0.353. The molecule has 0 fully saturated rings. The molecule has 6 heteroatoms. The van der Waals surface area contributed by atoms with E-state index in [1.165, 1.54) is 26.1 Å². The van der Waals surface area contributed by atoms with E-state index in [1.54, 1.807) is 18.2 Å². The highest BCUT2D eigenvalue weighted by Crippen LogP contribution is 2.25. The molecule has 1 aromatic carbocycles. The number of methoxy groups -OCH3 is 1. The van der Waals surface area contributed by atoms with Gasteiger partial charge in [-0.3, -0.25) is 9.59 Å². The lowest BCUT2D eigenvalue weighted by Crippen LogP contribution is -2.37. The predicted octanol–water partition coefficient (Wildman–Crippen LogP) is 0.0954. The number of hydrogen-bond donors (Lipinski definition) is 2. The van der Waals surface area contributed by atoms with Gasteiger partial charge in [-0.1, -0.05) is 6.07 Å². The maximum Gasteiger partial charge on any atom is 0.259 e. The number of benzene rings is 1. The van der Waals surface area contributed by atoms with E-state index >= 15 is 0 Å². The fourth-order valence-electron chi connectivity index (χ4n) is 1.50. The highest BCUT2D eigenvalue weighted by Gasteiger charge is 2.20. The molecule has 0 atom stereocenters. The number of nitrogens with one attached hydrogen (secondary N) is 1. The molecule has 0 spiro atoms. The Bertz CT molecular complexity index is 460. The van der Waals surface area contributed by atoms with Gasteiger partial charge in [-0.25, -0.2) is 0 Å². The summed E-state index contributed by atoms with van der Waals surface area (Å²) in [5, 5.41) is 2.45. The number of carbonyl (C=O) groups is 2. The number of carbonyl (C=O) groups excluding carboxylic acids is 2. The van der Waals surface area contributed by atoms with E-state index in [0.29, 0.717) is 11.4 Å². The number of rotatable bonds is 4. The first kappa shape index (κ1) is 13.8. The lowest BCUT2D eigenvalue weighted by molar-refractivity contribution is -0.121. The molecule has 0 saturated heterocycles. The summed E-state index contributed by atoms with van der Waals surface area (Å²) in [7, 11) is 4.51. The lowest BCUT2D eigenvalue weighted by Gasteiger charge is -2.18. The Morgan fingerprint density at radius 3 is 2.67 bits per heavy atom. The molecule has 6 nitrogen and oxygen atoms in total. The van der Waals surface area contributed by atoms with Crippen molar-refractivity contribution in [1.82, 2.24) is 10.2 Å². The van der Waals surface area contributed by atoms with Gasteiger partial charge in [0.15, 0.2) is 0 Å². The number of amides is 2. The van der Waals surface area contributed by atoms with Gasteiger partial charge in [-0.15, -0.1) is 0 Å². The van der Waals surface area contributed by atoms with Crippen molar-refractivity contribution in [3.05, 3.63) is 23.8 Å². The van der Waals surface area contributed by atoms with Gasteiger partial charge in [0.05, 0.1) is 13.7 Å². The molecule has 98 valence electrons. The van der Waals surface area contributed by atoms with Crippen LogP contribution in [0.4, 0.5) is 5.69 Å². The number of ether oxygens (including phenoxy) is 1. The molecular formula is C12H17N3O3. The summed E-state index contributed by atoms with van der Waals surface area (Å²) >= 11 is 0. The van der Waals surface area contributed by atoms with Crippen molar-refractivity contribution in [2.75, 3.05) is 33.5 Å². The highest BCUT2D eigenvalue weighted by atomic mass is 16.5. The standard InChI is InChI=1S/C12H17N3O3/c1-14-10(16)7-15(2)12(17)11-8(13)5-4-6-9(11)18-3/h4-6H,7,13H2,1-3H3,(H,14,16). The summed E-state index contributed by atoms with van der Waals surface area (Å²) in [6.45, 7) is -0.0349. The molecule has 0 aromatic heterocycles. The van der Waals surface area contributed by atoms with Gasteiger partial charge in [-0.05, 0) is 12.1 Å². The average molecular weight is 251 g/mol. The van der Waals surface area contributed by atoms with Crippen LogP contribution >= 0.6 is 0 Å². The molecule has 2 amide bonds. The minimum Gasteiger partial charge on any atom is -0.496 e. The molecule has 1 aromatic rings. The molecule has 0 radical (unpaired) electrons. The van der Waals surface area contributed by atoms with Crippen LogP contribution in [0.1, 0.15) is 10.4 Å². The van der Waals surface area contributed by atoms with Crippen LogP contribution in [-0.2, 0) is 4.79 Å². The molecule has 0 bridgehead atoms. The van der Waals surface area contributed by atoms with Crippen LogP contribution in [0.2, 0.25) is 0 Å². The van der Waals surface area contributed by atoms with Crippen molar-refractivity contribution in [2.24, 2.45) is 0 Å². The van der Waals surface area contributed by atoms with Crippen LogP contribution in [0.25, 0.3) is 0 Å². The first-order valence-electron chi connectivity index (χ1n) is 5.39. The van der Waals surface area contributed by atoms with Crippen LogP contribution in [0.3, 0.4) is 0 Å². The fraction of sp³-hybridized carbons (Fsp3) is 0.333. The quantitative estimate of drug-likeness (QED) is 0.743. The van der Waals surface area contributed by atoms with Crippen LogP contribution in [-0.4, -0.2) is 44.5 Å². The lowest BCUT2D eigenvalue weighted by atomic mass is 10.1. The normalized spacial score (nSPS) is 9.72. The molecular weight excluding hydrogens is 234 g/mol. The van der Waals surface area contributed by atoms with Gasteiger partial charge in [0.1, 0.15) is 11.3 Å². The highest BCUT2D eigenvalue weighted by molar-refractivity contribution is 6.03. The molecule has 0 aliphatic heterocycles. The van der Waals surface area contributed by atoms with E-state index in [4.69, 9.17) is 10.5 Å². The first-order chi connectivity index (χ1) is 8.51. The largest absolute Gasteiger partial charge is 0.496 e. The monoisotopic (exact) mass is 251 g/mol. The Labute approximate surface area is 106 Å². The second-order valence-electron chi connectivity index (χ2n) is 3.76. The second kappa shape index (κ2) is 5.90. The van der Waals surface area contributed by atoms with Crippen molar-refractivity contribution in [3.63, 3.8) is 0 Å². The number of likely N-dealkylation sites (N-methyl/N-ethyl adjacent to an activating group) is 2. The Kier molecular flexibility index (Phi) is 4.53. The molecule has 0 heterocycles. The number of hydrogen-bond acceptors (Lipinski definition) is 4. The maximum absolute atomic E-state index is 12.2. The van der Waals surface area contributed by atoms with Gasteiger partial charge in [0.25, 0.3) is 5.91 Å². The van der Waals surface area contributed by atoms with Crippen LogP contribution < -0.4 is 15.8 Å². The summed E-state index contributed by atoms with van der Waals surface area (Å²) in [5.41, 5.74) is 6.36. The van der Waals surface area contributed by atoms with Gasteiger partial charge in [-0.2, -0.15) is 0 Å². The van der Waals surface area contributed by atoms with E-state index in [2.05, 4.69) is 5.32 Å². The van der Waals surface area contributed by atoms with Gasteiger partial charge in [0.2, 0.25) is 5.91 Å². The summed E-state index contributed by atoms with van der Waals surface area (Å²) in [6, 6.07) is 4.96. The van der Waals surface area contributed by atoms with Crippen molar-refractivity contribution in [2.45, 2.75) is 0 Å². The van der Waals surface area contributed by atoms with Crippen LogP contribution in [0, 0.1) is 0 Å². The number of anilines is 1. The number of nitrogen functional groups attached to an aromatic ring is 1. The molecule has 0 unspecified atom stereocenters. The third-order valence-corrected chi connectivity index (χ3v) is 2.50. The van der Waals surface area contributed by atoms with Gasteiger partial charge < -0.3 is 20.7 Å². The summed E-state index contributed by atoms with van der Waals surface area (Å²) in [5.74, 6) is -0.211. The Morgan fingerprint density at radius 1 is 1.44 bits per heavy atom. The van der Waals surface area contributed by atoms with Crippen LogP contribution in [0.15, 0.2) is 18.2 Å². The van der Waals surface area contributed by atoms with E-state index in [9.17, 15) is 9.59 Å². The van der Waals surface area contributed by atoms with Crippen molar-refractivity contribution < 1.29 is 14.3 Å². The van der Waals surface area contributed by atoms with Crippen LogP contribution in [0.5, 0.6) is 5.75 Å². The zero-order chi connectivity index (χ0) is 13.7. The van der Waals surface area contributed by atoms with Gasteiger partial charge >= 0.3 is 0 Å². The average Bonchev–Trinajstić information content (AvgIpc) is 2.37. The maximum atomic E-state index is 12.2. The molecule has 0 saturated carbocycles. The van der Waals surface area contributed by atoms with E-state index in [0.717, 1.165) is 0 Å². The Hall–Kier alpha value is -2.24. The summed E-state index contributed by atoms with van der Waals surface area (Å²) in [4.78, 5) is 24.7. The number of nitrogens with zero attached hydrogens (tertiary/aromatic N) is 1. The SMILES string of the molecule is CNC(=O)CN(C)C(=O)c1c(N)cccc1OC. The molecule has 3 N–H and O–H groups in total. The summed E-state index contributed by atoms with van der Waals surface area (Å²) in [6.07, 6.45) is 0. The fourth-order valence-corrected chi connectivity index (χ4v) is 1.50. The minimum absolute atomic E-state index is 0.0349. The Balaban J connectivity index is 2.99.